The molecular formula is C10H19F2N. The Morgan fingerprint density at radius 2 is 1.85 bits per heavy atom. The first-order valence-electron chi connectivity index (χ1n) is 5.13. The average molecular weight is 191 g/mol. The number of alkyl halides is 2. The second-order valence-electron chi connectivity index (χ2n) is 4.17. The molecule has 1 fully saturated rings. The second-order valence-corrected chi connectivity index (χ2v) is 4.17. The van der Waals surface area contributed by atoms with E-state index >= 15 is 0 Å². The smallest absolute Gasteiger partial charge is 0.250 e. The standard InChI is InChI=1S/C10H19F2N/c1-3-9(2)8-13-6-4-10(11,12)5-7-13/h9H,3-8H2,1-2H3. The van der Waals surface area contributed by atoms with Crippen molar-refractivity contribution in [3.63, 3.8) is 0 Å². The van der Waals surface area contributed by atoms with Gasteiger partial charge in [-0.3, -0.25) is 0 Å². The van der Waals surface area contributed by atoms with Gasteiger partial charge in [0.05, 0.1) is 0 Å². The molecule has 0 aliphatic carbocycles. The van der Waals surface area contributed by atoms with Gasteiger partial charge in [0.2, 0.25) is 0 Å². The molecular weight excluding hydrogens is 172 g/mol. The second kappa shape index (κ2) is 4.36. The van der Waals surface area contributed by atoms with E-state index in [1.165, 1.54) is 0 Å². The van der Waals surface area contributed by atoms with E-state index in [0.717, 1.165) is 13.0 Å². The highest BCUT2D eigenvalue weighted by Crippen LogP contribution is 2.27. The molecule has 0 aromatic rings. The van der Waals surface area contributed by atoms with Crippen molar-refractivity contribution in [1.29, 1.82) is 0 Å². The Morgan fingerprint density at radius 3 is 2.31 bits per heavy atom. The first-order chi connectivity index (χ1) is 6.03. The molecule has 3 heteroatoms. The highest BCUT2D eigenvalue weighted by atomic mass is 19.3. The summed E-state index contributed by atoms with van der Waals surface area (Å²) in [6, 6.07) is 0. The maximum absolute atomic E-state index is 12.8. The minimum absolute atomic E-state index is 0.0451. The topological polar surface area (TPSA) is 3.24 Å². The van der Waals surface area contributed by atoms with Crippen LogP contribution in [0.2, 0.25) is 0 Å². The molecule has 1 rings (SSSR count). The van der Waals surface area contributed by atoms with Crippen molar-refractivity contribution in [2.75, 3.05) is 19.6 Å². The van der Waals surface area contributed by atoms with E-state index in [1.54, 1.807) is 0 Å². The zero-order valence-corrected chi connectivity index (χ0v) is 8.52. The molecule has 0 N–H and O–H groups in total. The number of hydrogen-bond donors (Lipinski definition) is 0. The molecule has 1 atom stereocenters. The molecule has 1 heterocycles. The van der Waals surface area contributed by atoms with Crippen molar-refractivity contribution in [2.24, 2.45) is 5.92 Å². The molecule has 78 valence electrons. The number of likely N-dealkylation sites (tertiary alicyclic amines) is 1. The van der Waals surface area contributed by atoms with Crippen LogP contribution in [-0.4, -0.2) is 30.5 Å². The number of rotatable bonds is 3. The zero-order valence-electron chi connectivity index (χ0n) is 8.52. The number of hydrogen-bond acceptors (Lipinski definition) is 1. The van der Waals surface area contributed by atoms with Crippen LogP contribution < -0.4 is 0 Å². The Kier molecular flexibility index (Phi) is 3.65. The van der Waals surface area contributed by atoms with Crippen LogP contribution in [0.3, 0.4) is 0 Å². The lowest BCUT2D eigenvalue weighted by Crippen LogP contribution is -2.41. The summed E-state index contributed by atoms with van der Waals surface area (Å²) in [5.74, 6) is -1.77. The maximum atomic E-state index is 12.8. The first-order valence-corrected chi connectivity index (χ1v) is 5.13. The molecule has 0 aromatic heterocycles. The zero-order chi connectivity index (χ0) is 9.90. The molecule has 13 heavy (non-hydrogen) atoms. The Bertz CT molecular complexity index is 149. The summed E-state index contributed by atoms with van der Waals surface area (Å²) < 4.78 is 25.5. The fourth-order valence-corrected chi connectivity index (χ4v) is 1.63. The van der Waals surface area contributed by atoms with E-state index in [4.69, 9.17) is 0 Å². The molecule has 0 radical (unpaired) electrons. The lowest BCUT2D eigenvalue weighted by atomic mass is 10.0. The highest BCUT2D eigenvalue weighted by molar-refractivity contribution is 4.78. The minimum Gasteiger partial charge on any atom is -0.303 e. The Hall–Kier alpha value is -0.180. The van der Waals surface area contributed by atoms with E-state index < -0.39 is 5.92 Å². The minimum atomic E-state index is -2.40. The van der Waals surface area contributed by atoms with E-state index in [1.807, 2.05) is 0 Å². The Balaban J connectivity index is 2.25. The molecule has 1 aliphatic heterocycles. The average Bonchev–Trinajstić information content (AvgIpc) is 2.08. The third-order valence-corrected chi connectivity index (χ3v) is 2.85. The fraction of sp³-hybridized carbons (Fsp3) is 1.00. The Labute approximate surface area is 79.1 Å². The van der Waals surface area contributed by atoms with E-state index in [0.29, 0.717) is 19.0 Å². The van der Waals surface area contributed by atoms with Crippen LogP contribution in [0.5, 0.6) is 0 Å². The quantitative estimate of drug-likeness (QED) is 0.663. The predicted molar refractivity (Wildman–Crippen MR) is 50.1 cm³/mol. The summed E-state index contributed by atoms with van der Waals surface area (Å²) in [6.45, 7) is 6.43. The van der Waals surface area contributed by atoms with Gasteiger partial charge in [0.25, 0.3) is 5.92 Å². The van der Waals surface area contributed by atoms with E-state index in [9.17, 15) is 8.78 Å². The number of piperidine rings is 1. The first kappa shape index (κ1) is 10.9. The maximum Gasteiger partial charge on any atom is 0.250 e. The molecule has 0 bridgehead atoms. The third kappa shape index (κ3) is 3.59. The summed E-state index contributed by atoms with van der Waals surface area (Å²) >= 11 is 0. The normalized spacial score (nSPS) is 25.8. The SMILES string of the molecule is CCC(C)CN1CCC(F)(F)CC1. The van der Waals surface area contributed by atoms with Gasteiger partial charge in [0.1, 0.15) is 0 Å². The van der Waals surface area contributed by atoms with Gasteiger partial charge in [0, 0.05) is 32.5 Å². The number of halogens is 2. The van der Waals surface area contributed by atoms with Gasteiger partial charge >= 0.3 is 0 Å². The summed E-state index contributed by atoms with van der Waals surface area (Å²) in [7, 11) is 0. The van der Waals surface area contributed by atoms with Crippen LogP contribution >= 0.6 is 0 Å². The van der Waals surface area contributed by atoms with Gasteiger partial charge in [-0.1, -0.05) is 20.3 Å². The molecule has 1 saturated heterocycles. The molecule has 1 nitrogen and oxygen atoms in total. The third-order valence-electron chi connectivity index (χ3n) is 2.85. The van der Waals surface area contributed by atoms with Crippen molar-refractivity contribution in [3.05, 3.63) is 0 Å². The summed E-state index contributed by atoms with van der Waals surface area (Å²) in [6.07, 6.45) is 1.22. The van der Waals surface area contributed by atoms with Crippen LogP contribution in [0.1, 0.15) is 33.1 Å². The molecule has 0 amide bonds. The van der Waals surface area contributed by atoms with Gasteiger partial charge in [-0.25, -0.2) is 8.78 Å². The van der Waals surface area contributed by atoms with Gasteiger partial charge in [-0.05, 0) is 5.92 Å². The number of nitrogens with zero attached hydrogens (tertiary/aromatic N) is 1. The van der Waals surface area contributed by atoms with Crippen LogP contribution in [0, 0.1) is 5.92 Å². The molecule has 0 saturated carbocycles. The van der Waals surface area contributed by atoms with Crippen LogP contribution in [-0.2, 0) is 0 Å². The van der Waals surface area contributed by atoms with Crippen LogP contribution in [0.15, 0.2) is 0 Å². The Morgan fingerprint density at radius 1 is 1.31 bits per heavy atom. The van der Waals surface area contributed by atoms with Gasteiger partial charge in [-0.2, -0.15) is 0 Å². The van der Waals surface area contributed by atoms with E-state index in [-0.39, 0.29) is 12.8 Å². The molecule has 0 spiro atoms. The fourth-order valence-electron chi connectivity index (χ4n) is 1.63. The van der Waals surface area contributed by atoms with Crippen molar-refractivity contribution in [1.82, 2.24) is 4.90 Å². The predicted octanol–water partition coefficient (Wildman–Crippen LogP) is 2.76. The van der Waals surface area contributed by atoms with Crippen LogP contribution in [0.4, 0.5) is 8.78 Å². The summed E-state index contributed by atoms with van der Waals surface area (Å²) in [5, 5.41) is 0. The van der Waals surface area contributed by atoms with Crippen molar-refractivity contribution >= 4 is 0 Å². The lowest BCUT2D eigenvalue weighted by Gasteiger charge is -2.33. The van der Waals surface area contributed by atoms with E-state index in [2.05, 4.69) is 18.7 Å². The van der Waals surface area contributed by atoms with Gasteiger partial charge in [0.15, 0.2) is 0 Å². The van der Waals surface area contributed by atoms with Crippen molar-refractivity contribution in [2.45, 2.75) is 39.0 Å². The van der Waals surface area contributed by atoms with Gasteiger partial charge in [-0.15, -0.1) is 0 Å². The van der Waals surface area contributed by atoms with Crippen molar-refractivity contribution < 1.29 is 8.78 Å². The lowest BCUT2D eigenvalue weighted by molar-refractivity contribution is -0.0570. The van der Waals surface area contributed by atoms with Gasteiger partial charge < -0.3 is 4.90 Å². The molecule has 1 unspecified atom stereocenters. The molecule has 1 aliphatic rings. The van der Waals surface area contributed by atoms with Crippen molar-refractivity contribution in [3.8, 4) is 0 Å². The largest absolute Gasteiger partial charge is 0.303 e. The summed E-state index contributed by atoms with van der Waals surface area (Å²) in [5.41, 5.74) is 0. The highest BCUT2D eigenvalue weighted by Gasteiger charge is 2.33. The monoisotopic (exact) mass is 191 g/mol. The molecule has 0 aromatic carbocycles. The summed E-state index contributed by atoms with van der Waals surface area (Å²) in [4.78, 5) is 2.16. The van der Waals surface area contributed by atoms with Crippen LogP contribution in [0.25, 0.3) is 0 Å².